The number of Topliss-reactive ketones (excluding diaryl/α,β-unsaturated/α-hetero) is 1. The van der Waals surface area contributed by atoms with Crippen molar-refractivity contribution in [1.29, 1.82) is 0 Å². The van der Waals surface area contributed by atoms with Crippen molar-refractivity contribution in [3.05, 3.63) is 86.7 Å². The number of amides is 4. The highest BCUT2D eigenvalue weighted by Crippen LogP contribution is 2.39. The maximum absolute atomic E-state index is 13.8. The number of alkyl halides is 1. The molecule has 6 N–H and O–H groups in total. The molecule has 1 aliphatic carbocycles. The molecule has 2 aromatic carbocycles. The summed E-state index contributed by atoms with van der Waals surface area (Å²) in [4.78, 5) is 92.5. The molecule has 2 aromatic heterocycles. The summed E-state index contributed by atoms with van der Waals surface area (Å²) in [5, 5.41) is 39.6. The standard InChI is InChI=1S/C42H45N5O12.C7H14BrNO.C2H6/c1-21(2)46(13-12-25-26-6-4-5-7-30(26)44-37-29(25)18-47-32(37)17-28-27(40(47)53)9-11-33(50)38(28)51)42(56)57-19-23-8-10-31(45-39(52)22(3)43-20-48)34(14-23)58-36-16-24(49)15-35(59-36)41(54)55;1-5(2)6(3)9-7(10)4-8;1-2/h4-8,10,14,17,20-22,24,35-36,38,49,51H,9,11-13,15-16,18-19H2,1-3H3,(H,43,48)(H,45,52)(H,54,55);5-6H,4H2,1-3H3,(H,9,10);1-2H3/t22-,24?,35?,36?,38?;;/m0../s1. The Labute approximate surface area is 420 Å². The Bertz CT molecular complexity index is 2660. The Kier molecular flexibility index (Phi) is 19.8. The molecule has 71 heavy (non-hydrogen) atoms. The van der Waals surface area contributed by atoms with Crippen LogP contribution < -0.4 is 26.2 Å². The lowest BCUT2D eigenvalue weighted by atomic mass is 9.89. The largest absolute Gasteiger partial charge is 0.479 e. The van der Waals surface area contributed by atoms with E-state index in [0.29, 0.717) is 57.7 Å². The fraction of sp³-hybridized carbons (Fsp3) is 0.490. The van der Waals surface area contributed by atoms with Crippen LogP contribution in [-0.2, 0) is 59.4 Å². The van der Waals surface area contributed by atoms with Crippen molar-refractivity contribution in [2.24, 2.45) is 5.92 Å². The molecule has 1 saturated heterocycles. The molecule has 3 aliphatic rings. The molecular weight excluding hydrogens is 984 g/mol. The maximum atomic E-state index is 13.8. The van der Waals surface area contributed by atoms with Crippen molar-refractivity contribution in [3.63, 3.8) is 0 Å². The number of para-hydroxylation sites is 1. The van der Waals surface area contributed by atoms with Gasteiger partial charge in [0.25, 0.3) is 5.56 Å². The number of rotatable bonds is 16. The molecule has 7 rings (SSSR count). The number of nitrogens with zero attached hydrogens (tertiary/aromatic N) is 3. The second-order valence-electron chi connectivity index (χ2n) is 17.9. The molecule has 384 valence electrons. The number of hydrogen-bond donors (Lipinski definition) is 6. The van der Waals surface area contributed by atoms with E-state index in [2.05, 4.69) is 45.7 Å². The van der Waals surface area contributed by atoms with Gasteiger partial charge in [-0.2, -0.15) is 0 Å². The fourth-order valence-electron chi connectivity index (χ4n) is 8.25. The van der Waals surface area contributed by atoms with Gasteiger partial charge in [0.2, 0.25) is 24.5 Å². The number of ketones is 1. The molecule has 0 saturated carbocycles. The molecule has 5 unspecified atom stereocenters. The third-order valence-corrected chi connectivity index (χ3v) is 13.0. The van der Waals surface area contributed by atoms with E-state index in [-0.39, 0.29) is 86.1 Å². The summed E-state index contributed by atoms with van der Waals surface area (Å²) in [5.41, 5.74) is 4.63. The van der Waals surface area contributed by atoms with E-state index < -0.39 is 48.6 Å². The first-order valence-corrected chi connectivity index (χ1v) is 25.0. The van der Waals surface area contributed by atoms with Crippen LogP contribution in [0.3, 0.4) is 0 Å². The Morgan fingerprint density at radius 2 is 1.70 bits per heavy atom. The third-order valence-electron chi connectivity index (χ3n) is 12.5. The number of halogens is 1. The number of carboxylic acid groups (broad SMARTS) is 1. The van der Waals surface area contributed by atoms with Gasteiger partial charge in [-0.15, -0.1) is 0 Å². The third kappa shape index (κ3) is 13.6. The number of carbonyl (C=O) groups is 6. The highest BCUT2D eigenvalue weighted by molar-refractivity contribution is 9.09. The molecule has 19 nitrogen and oxygen atoms in total. The molecular formula is C51H65BrN6O13. The average molecular weight is 1050 g/mol. The SMILES string of the molecule is CC.CC(C)C(C)NC(=O)CBr.CC(C)N(CCc1c2c(nc3ccccc13)-c1cc3c(c(=O)n1C2)CCC(=O)C3O)C(=O)OCc1ccc(NC(=O)[C@H](C)NC=O)c(OC2CC(O)CC(C(=O)O)O2)c1. The van der Waals surface area contributed by atoms with Crippen LogP contribution in [-0.4, -0.2) is 114 Å². The number of nitrogens with one attached hydrogen (secondary N) is 3. The Hall–Kier alpha value is -6.22. The van der Waals surface area contributed by atoms with Crippen LogP contribution in [0, 0.1) is 5.92 Å². The summed E-state index contributed by atoms with van der Waals surface area (Å²) >= 11 is 3.08. The first-order chi connectivity index (χ1) is 33.8. The monoisotopic (exact) mass is 1050 g/mol. The zero-order chi connectivity index (χ0) is 52.3. The number of carbonyl (C=O) groups excluding carboxylic acids is 5. The van der Waals surface area contributed by atoms with E-state index in [4.69, 9.17) is 19.2 Å². The molecule has 0 bridgehead atoms. The number of aliphatic hydroxyl groups is 2. The number of carboxylic acids is 1. The molecule has 4 amide bonds. The summed E-state index contributed by atoms with van der Waals surface area (Å²) in [6.45, 7) is 15.6. The van der Waals surface area contributed by atoms with Crippen LogP contribution in [0.4, 0.5) is 10.5 Å². The van der Waals surface area contributed by atoms with Crippen molar-refractivity contribution >= 4 is 68.6 Å². The Balaban J connectivity index is 0.000000697. The summed E-state index contributed by atoms with van der Waals surface area (Å²) in [5.74, 6) is -1.55. The second kappa shape index (κ2) is 25.2. The highest BCUT2D eigenvalue weighted by Gasteiger charge is 2.36. The van der Waals surface area contributed by atoms with E-state index in [9.17, 15) is 48.9 Å². The van der Waals surface area contributed by atoms with Crippen LogP contribution in [0.2, 0.25) is 0 Å². The number of ether oxygens (including phenoxy) is 3. The van der Waals surface area contributed by atoms with Gasteiger partial charge in [-0.3, -0.25) is 24.0 Å². The van der Waals surface area contributed by atoms with E-state index in [0.717, 1.165) is 16.5 Å². The summed E-state index contributed by atoms with van der Waals surface area (Å²) in [7, 11) is 0. The lowest BCUT2D eigenvalue weighted by molar-refractivity contribution is -0.195. The van der Waals surface area contributed by atoms with Crippen molar-refractivity contribution in [3.8, 4) is 17.1 Å². The average Bonchev–Trinajstić information content (AvgIpc) is 3.71. The Morgan fingerprint density at radius 3 is 2.37 bits per heavy atom. The van der Waals surface area contributed by atoms with E-state index >= 15 is 0 Å². The number of anilines is 1. The normalized spacial score (nSPS) is 18.5. The molecule has 4 aromatic rings. The van der Waals surface area contributed by atoms with Crippen molar-refractivity contribution < 1.29 is 58.3 Å². The van der Waals surface area contributed by atoms with Crippen LogP contribution in [0.5, 0.6) is 5.75 Å². The minimum absolute atomic E-state index is 0.0478. The summed E-state index contributed by atoms with van der Waals surface area (Å²) in [6, 6.07) is 13.0. The van der Waals surface area contributed by atoms with Gasteiger partial charge in [0.1, 0.15) is 24.5 Å². The van der Waals surface area contributed by atoms with Crippen LogP contribution >= 0.6 is 15.9 Å². The van der Waals surface area contributed by atoms with Gasteiger partial charge >= 0.3 is 12.1 Å². The lowest BCUT2D eigenvalue weighted by Crippen LogP contribution is -2.42. The van der Waals surface area contributed by atoms with Crippen LogP contribution in [0.15, 0.2) is 53.3 Å². The summed E-state index contributed by atoms with van der Waals surface area (Å²) in [6.07, 6.45) is -4.55. The van der Waals surface area contributed by atoms with Crippen LogP contribution in [0.1, 0.15) is 109 Å². The molecule has 0 spiro atoms. The van der Waals surface area contributed by atoms with E-state index in [1.165, 1.54) is 19.1 Å². The predicted molar refractivity (Wildman–Crippen MR) is 268 cm³/mol. The minimum atomic E-state index is -1.36. The van der Waals surface area contributed by atoms with E-state index in [1.54, 1.807) is 21.6 Å². The number of hydrogen-bond acceptors (Lipinski definition) is 13. The maximum Gasteiger partial charge on any atom is 0.410 e. The van der Waals surface area contributed by atoms with Gasteiger partial charge in [-0.25, -0.2) is 14.6 Å². The highest BCUT2D eigenvalue weighted by atomic mass is 79.9. The number of aliphatic carboxylic acids is 1. The van der Waals surface area contributed by atoms with Gasteiger partial charge in [-0.1, -0.05) is 67.9 Å². The number of benzene rings is 2. The van der Waals surface area contributed by atoms with Gasteiger partial charge in [0.15, 0.2) is 11.9 Å². The number of aliphatic hydroxyl groups excluding tert-OH is 2. The zero-order valence-corrected chi connectivity index (χ0v) is 42.9. The fourth-order valence-corrected chi connectivity index (χ4v) is 8.41. The number of fused-ring (bicyclic) bond motifs is 5. The lowest BCUT2D eigenvalue weighted by Gasteiger charge is -2.31. The predicted octanol–water partition coefficient (Wildman–Crippen LogP) is 5.53. The van der Waals surface area contributed by atoms with Crippen molar-refractivity contribution in [1.82, 2.24) is 25.1 Å². The molecule has 20 heteroatoms. The summed E-state index contributed by atoms with van der Waals surface area (Å²) < 4.78 is 19.0. The zero-order valence-electron chi connectivity index (χ0n) is 41.3. The first-order valence-electron chi connectivity index (χ1n) is 23.8. The van der Waals surface area contributed by atoms with Gasteiger partial charge < -0.3 is 54.9 Å². The Morgan fingerprint density at radius 1 is 0.986 bits per heavy atom. The molecule has 4 heterocycles. The molecule has 2 aliphatic heterocycles. The smallest absolute Gasteiger partial charge is 0.410 e. The van der Waals surface area contributed by atoms with Gasteiger partial charge in [-0.05, 0) is 87.4 Å². The molecule has 6 atom stereocenters. The quantitative estimate of drug-likeness (QED) is 0.0524. The van der Waals surface area contributed by atoms with E-state index in [1.807, 2.05) is 58.9 Å². The van der Waals surface area contributed by atoms with Gasteiger partial charge in [0, 0.05) is 54.4 Å². The second-order valence-corrected chi connectivity index (χ2v) is 18.5. The minimum Gasteiger partial charge on any atom is -0.479 e. The van der Waals surface area contributed by atoms with Crippen molar-refractivity contribution in [2.45, 2.75) is 143 Å². The molecule has 1 fully saturated rings. The van der Waals surface area contributed by atoms with Gasteiger partial charge in [0.05, 0.1) is 40.6 Å². The number of aromatic nitrogens is 2. The number of pyridine rings is 2. The first kappa shape index (κ1) is 55.7. The van der Waals surface area contributed by atoms with Crippen molar-refractivity contribution in [2.75, 3.05) is 17.2 Å². The van der Waals surface area contributed by atoms with Crippen LogP contribution in [0.25, 0.3) is 22.3 Å². The molecule has 0 radical (unpaired) electrons. The topological polar surface area (TPSA) is 265 Å².